The van der Waals surface area contributed by atoms with Crippen molar-refractivity contribution in [2.45, 2.75) is 58.0 Å². The normalized spacial score (nSPS) is 21.1. The SMILES string of the molecule is COc1ccc(C(F)(F)F)cc1CN[C@@H]1[C@@H](C(C)(C)C)[C@H](C(=O)O)N(C(=O)Cc2ccccc2)[C@@H]1c1ccccc1. The molecule has 1 amide bonds. The number of ether oxygens (including phenoxy) is 1. The smallest absolute Gasteiger partial charge is 0.416 e. The van der Waals surface area contributed by atoms with Gasteiger partial charge >= 0.3 is 12.1 Å². The number of nitrogens with zero attached hydrogens (tertiary/aromatic N) is 1. The first-order valence-corrected chi connectivity index (χ1v) is 13.4. The molecule has 0 bridgehead atoms. The van der Waals surface area contributed by atoms with Crippen LogP contribution >= 0.6 is 0 Å². The van der Waals surface area contributed by atoms with Crippen LogP contribution in [0, 0.1) is 11.3 Å². The molecular weight excluding hydrogens is 533 g/mol. The van der Waals surface area contributed by atoms with Crippen LogP contribution in [0.25, 0.3) is 0 Å². The fraction of sp³-hybridized carbons (Fsp3) is 0.375. The van der Waals surface area contributed by atoms with E-state index in [1.54, 1.807) is 0 Å². The highest BCUT2D eigenvalue weighted by molar-refractivity contribution is 5.87. The molecule has 218 valence electrons. The summed E-state index contributed by atoms with van der Waals surface area (Å²) in [5, 5.41) is 13.9. The van der Waals surface area contributed by atoms with Crippen molar-refractivity contribution in [3.63, 3.8) is 0 Å². The van der Waals surface area contributed by atoms with Gasteiger partial charge in [-0.05, 0) is 34.7 Å². The van der Waals surface area contributed by atoms with Crippen molar-refractivity contribution in [2.24, 2.45) is 11.3 Å². The fourth-order valence-electron chi connectivity index (χ4n) is 5.95. The Labute approximate surface area is 238 Å². The van der Waals surface area contributed by atoms with Crippen LogP contribution in [0.3, 0.4) is 0 Å². The van der Waals surface area contributed by atoms with E-state index in [-0.39, 0.29) is 30.2 Å². The summed E-state index contributed by atoms with van der Waals surface area (Å²) in [6.07, 6.45) is -4.52. The van der Waals surface area contributed by atoms with E-state index in [0.29, 0.717) is 0 Å². The summed E-state index contributed by atoms with van der Waals surface area (Å²) in [5.74, 6) is -1.78. The Kier molecular flexibility index (Phi) is 8.77. The molecule has 2 N–H and O–H groups in total. The van der Waals surface area contributed by atoms with Crippen molar-refractivity contribution in [1.29, 1.82) is 0 Å². The number of carbonyl (C=O) groups excluding carboxylic acids is 1. The van der Waals surface area contributed by atoms with E-state index in [2.05, 4.69) is 5.32 Å². The molecule has 4 atom stereocenters. The highest BCUT2D eigenvalue weighted by Gasteiger charge is 2.57. The maximum absolute atomic E-state index is 14.0. The molecule has 3 aromatic carbocycles. The zero-order chi connectivity index (χ0) is 29.9. The Morgan fingerprint density at radius 3 is 2.10 bits per heavy atom. The Bertz CT molecular complexity index is 1360. The quantitative estimate of drug-likeness (QED) is 0.343. The number of carboxylic acid groups (broad SMARTS) is 1. The molecule has 0 spiro atoms. The first-order chi connectivity index (χ1) is 19.3. The third kappa shape index (κ3) is 6.56. The average Bonchev–Trinajstić information content (AvgIpc) is 3.28. The molecule has 3 aromatic rings. The summed E-state index contributed by atoms with van der Waals surface area (Å²) in [5.41, 5.74) is 0.374. The molecule has 0 aliphatic carbocycles. The third-order valence-electron chi connectivity index (χ3n) is 7.68. The van der Waals surface area contributed by atoms with Gasteiger partial charge in [-0.3, -0.25) is 4.79 Å². The van der Waals surface area contributed by atoms with Crippen molar-refractivity contribution >= 4 is 11.9 Å². The van der Waals surface area contributed by atoms with Crippen molar-refractivity contribution < 1.29 is 32.6 Å². The Hall–Kier alpha value is -3.85. The first kappa shape index (κ1) is 30.1. The standard InChI is InChI=1S/C32H35F3N2O4/c1-31(2,3)26-27(36-19-22-18-23(32(33,34)35)15-16-24(22)41-4)28(21-13-9-6-10-14-21)37(29(26)30(39)40)25(38)17-20-11-7-5-8-12-20/h5-16,18,26-29,36H,17,19H2,1-4H3,(H,39,40)/t26-,27-,28-,29-/m1/s1. The molecule has 0 radical (unpaired) electrons. The summed E-state index contributed by atoms with van der Waals surface area (Å²) in [6.45, 7) is 5.72. The molecule has 6 nitrogen and oxygen atoms in total. The topological polar surface area (TPSA) is 78.9 Å². The van der Waals surface area contributed by atoms with Crippen LogP contribution in [-0.2, 0) is 28.7 Å². The number of halogens is 3. The van der Waals surface area contributed by atoms with E-state index in [9.17, 15) is 27.9 Å². The first-order valence-electron chi connectivity index (χ1n) is 13.4. The number of hydrogen-bond acceptors (Lipinski definition) is 4. The molecule has 1 aliphatic heterocycles. The van der Waals surface area contributed by atoms with Gasteiger partial charge in [0, 0.05) is 24.1 Å². The van der Waals surface area contributed by atoms with E-state index in [1.807, 2.05) is 81.4 Å². The molecule has 0 unspecified atom stereocenters. The van der Waals surface area contributed by atoms with E-state index >= 15 is 0 Å². The zero-order valence-electron chi connectivity index (χ0n) is 23.5. The predicted octanol–water partition coefficient (Wildman–Crippen LogP) is 6.11. The monoisotopic (exact) mass is 568 g/mol. The van der Waals surface area contributed by atoms with E-state index in [4.69, 9.17) is 4.74 Å². The number of alkyl halides is 3. The van der Waals surface area contributed by atoms with Gasteiger partial charge in [0.1, 0.15) is 11.8 Å². The minimum Gasteiger partial charge on any atom is -0.496 e. The van der Waals surface area contributed by atoms with Gasteiger partial charge in [-0.1, -0.05) is 81.4 Å². The van der Waals surface area contributed by atoms with Gasteiger partial charge in [-0.2, -0.15) is 13.2 Å². The molecule has 1 heterocycles. The number of likely N-dealkylation sites (tertiary alicyclic amines) is 1. The highest BCUT2D eigenvalue weighted by Crippen LogP contribution is 2.48. The Balaban J connectivity index is 1.81. The third-order valence-corrected chi connectivity index (χ3v) is 7.68. The van der Waals surface area contributed by atoms with Crippen molar-refractivity contribution in [1.82, 2.24) is 10.2 Å². The second-order valence-corrected chi connectivity index (χ2v) is 11.4. The van der Waals surface area contributed by atoms with E-state index < -0.39 is 47.2 Å². The summed E-state index contributed by atoms with van der Waals surface area (Å²) < 4.78 is 46.0. The number of benzene rings is 3. The fourth-order valence-corrected chi connectivity index (χ4v) is 5.95. The molecule has 41 heavy (non-hydrogen) atoms. The number of carbonyl (C=O) groups is 2. The predicted molar refractivity (Wildman–Crippen MR) is 149 cm³/mol. The van der Waals surface area contributed by atoms with Crippen LogP contribution in [-0.4, -0.2) is 41.1 Å². The molecule has 1 aliphatic rings. The van der Waals surface area contributed by atoms with Crippen LogP contribution < -0.4 is 10.1 Å². The number of hydrogen-bond donors (Lipinski definition) is 2. The molecule has 1 fully saturated rings. The zero-order valence-corrected chi connectivity index (χ0v) is 23.5. The van der Waals surface area contributed by atoms with Crippen LogP contribution in [0.2, 0.25) is 0 Å². The van der Waals surface area contributed by atoms with Crippen LogP contribution in [0.5, 0.6) is 5.75 Å². The summed E-state index contributed by atoms with van der Waals surface area (Å²) in [7, 11) is 1.39. The number of carboxylic acids is 1. The van der Waals surface area contributed by atoms with Crippen LogP contribution in [0.4, 0.5) is 13.2 Å². The van der Waals surface area contributed by atoms with Gasteiger partial charge in [0.2, 0.25) is 5.91 Å². The molecule has 0 aromatic heterocycles. The summed E-state index contributed by atoms with van der Waals surface area (Å²) in [6, 6.07) is 19.1. The number of nitrogens with one attached hydrogen (secondary N) is 1. The van der Waals surface area contributed by atoms with Gasteiger partial charge in [-0.15, -0.1) is 0 Å². The number of amides is 1. The minimum atomic E-state index is -4.54. The number of methoxy groups -OCH3 is 1. The lowest BCUT2D eigenvalue weighted by atomic mass is 9.72. The molecule has 0 saturated carbocycles. The van der Waals surface area contributed by atoms with Gasteiger partial charge in [0.15, 0.2) is 0 Å². The van der Waals surface area contributed by atoms with E-state index in [1.165, 1.54) is 18.1 Å². The highest BCUT2D eigenvalue weighted by atomic mass is 19.4. The summed E-state index contributed by atoms with van der Waals surface area (Å²) in [4.78, 5) is 28.3. The van der Waals surface area contributed by atoms with Gasteiger partial charge < -0.3 is 20.1 Å². The molecule has 9 heteroatoms. The lowest BCUT2D eigenvalue weighted by molar-refractivity contribution is -0.152. The second kappa shape index (κ2) is 11.9. The van der Waals surface area contributed by atoms with Crippen molar-refractivity contribution in [3.8, 4) is 5.75 Å². The van der Waals surface area contributed by atoms with Crippen molar-refractivity contribution in [3.05, 3.63) is 101 Å². The average molecular weight is 569 g/mol. The minimum absolute atomic E-state index is 0.0129. The maximum atomic E-state index is 14.0. The lowest BCUT2D eigenvalue weighted by Crippen LogP contribution is -2.48. The molecular formula is C32H35F3N2O4. The van der Waals surface area contributed by atoms with Crippen LogP contribution in [0.1, 0.15) is 49.1 Å². The Morgan fingerprint density at radius 1 is 0.951 bits per heavy atom. The number of aliphatic carboxylic acids is 1. The van der Waals surface area contributed by atoms with Gasteiger partial charge in [0.25, 0.3) is 0 Å². The maximum Gasteiger partial charge on any atom is 0.416 e. The largest absolute Gasteiger partial charge is 0.496 e. The lowest BCUT2D eigenvalue weighted by Gasteiger charge is -2.35. The molecule has 4 rings (SSSR count). The van der Waals surface area contributed by atoms with Crippen LogP contribution in [0.15, 0.2) is 78.9 Å². The van der Waals surface area contributed by atoms with Crippen molar-refractivity contribution in [2.75, 3.05) is 7.11 Å². The van der Waals surface area contributed by atoms with E-state index in [0.717, 1.165) is 23.3 Å². The molecule has 1 saturated heterocycles. The second-order valence-electron chi connectivity index (χ2n) is 11.4. The van der Waals surface area contributed by atoms with Gasteiger partial charge in [-0.25, -0.2) is 4.79 Å². The Morgan fingerprint density at radius 2 is 1.56 bits per heavy atom. The number of rotatable bonds is 8. The van der Waals surface area contributed by atoms with Gasteiger partial charge in [0.05, 0.1) is 25.1 Å². The summed E-state index contributed by atoms with van der Waals surface area (Å²) >= 11 is 0.